The van der Waals surface area contributed by atoms with Crippen LogP contribution in [0.25, 0.3) is 0 Å². The fourth-order valence-corrected chi connectivity index (χ4v) is 0. The predicted molar refractivity (Wildman–Crippen MR) is 21.7 cm³/mol. The number of hydrogen-bond acceptors (Lipinski definition) is 8. The van der Waals surface area contributed by atoms with E-state index in [1.807, 2.05) is 0 Å². The summed E-state index contributed by atoms with van der Waals surface area (Å²) in [5, 5.41) is 0. The summed E-state index contributed by atoms with van der Waals surface area (Å²) < 4.78 is 67.9. The molecule has 0 aliphatic carbocycles. The summed E-state index contributed by atoms with van der Waals surface area (Å²) in [4.78, 5) is 0. The molecule has 0 rings (SSSR count). The van der Waals surface area contributed by atoms with Gasteiger partial charge in [-0.3, -0.25) is 0 Å². The van der Waals surface area contributed by atoms with Crippen molar-refractivity contribution in [3.8, 4) is 0 Å². The number of hydrogen-bond donors (Lipinski definition) is 0. The Balaban J connectivity index is -0.00000000762. The molecule has 0 saturated carbocycles. The van der Waals surface area contributed by atoms with Crippen LogP contribution < -0.4 is 37.3 Å². The largest absolute Gasteiger partial charge is 2.00 e. The molecule has 0 aliphatic rings. The summed E-state index contributed by atoms with van der Waals surface area (Å²) in [6, 6.07) is 0. The molecule has 112 valence electrons. The standard InChI is InChI=1S/Cd.2ClHO4.6H2O/c;2*2-1(3,4)5;;;;;;/h;2*(H,2,3,4,5);6*1H2/q+2;;;;;;;;/p-2. The molecule has 14 nitrogen and oxygen atoms in total. The summed E-state index contributed by atoms with van der Waals surface area (Å²) in [5.41, 5.74) is 0. The summed E-state index contributed by atoms with van der Waals surface area (Å²) in [5.74, 6) is 0. The minimum Gasteiger partial charge on any atom is -0.412 e. The second-order valence-electron chi connectivity index (χ2n) is 0.756. The van der Waals surface area contributed by atoms with Crippen LogP contribution in [-0.4, -0.2) is 32.9 Å². The number of halogens is 2. The van der Waals surface area contributed by atoms with Crippen LogP contribution in [0.5, 0.6) is 0 Å². The quantitative estimate of drug-likeness (QED) is 0.338. The van der Waals surface area contributed by atoms with Crippen LogP contribution in [0.15, 0.2) is 0 Å². The molecule has 0 fully saturated rings. The average molecular weight is 419 g/mol. The van der Waals surface area contributed by atoms with E-state index in [4.69, 9.17) is 37.3 Å². The molecule has 0 heterocycles. The molecule has 0 bridgehead atoms. The first-order valence-corrected chi connectivity index (χ1v) is 3.70. The smallest absolute Gasteiger partial charge is 0.412 e. The Labute approximate surface area is 118 Å². The summed E-state index contributed by atoms with van der Waals surface area (Å²) >= 11 is 0. The minimum atomic E-state index is -4.94. The zero-order chi connectivity index (χ0) is 9.00. The molecule has 0 aromatic heterocycles. The van der Waals surface area contributed by atoms with Gasteiger partial charge in [0.2, 0.25) is 0 Å². The van der Waals surface area contributed by atoms with Crippen molar-refractivity contribution < 1.29 is 118 Å². The maximum atomic E-state index is 8.49. The zero-order valence-corrected chi connectivity index (χ0v) is 13.3. The third-order valence-corrected chi connectivity index (χ3v) is 0. The van der Waals surface area contributed by atoms with Crippen LogP contribution >= 0.6 is 0 Å². The van der Waals surface area contributed by atoms with E-state index in [2.05, 4.69) is 0 Å². The normalized spacial score (nSPS) is 7.06. The van der Waals surface area contributed by atoms with Gasteiger partial charge in [0, 0.05) is 0 Å². The predicted octanol–water partition coefficient (Wildman–Crippen LogP) is -14.5. The van der Waals surface area contributed by atoms with Gasteiger partial charge in [-0.15, -0.1) is 20.5 Å². The van der Waals surface area contributed by atoms with Crippen molar-refractivity contribution in [3.05, 3.63) is 0 Å². The minimum absolute atomic E-state index is 0. The Morgan fingerprint density at radius 3 is 0.353 bits per heavy atom. The summed E-state index contributed by atoms with van der Waals surface area (Å²) in [6.45, 7) is 0. The van der Waals surface area contributed by atoms with Crippen LogP contribution in [0, 0.1) is 20.5 Å². The van der Waals surface area contributed by atoms with Gasteiger partial charge in [0.15, 0.2) is 0 Å². The van der Waals surface area contributed by atoms with E-state index in [1.165, 1.54) is 0 Å². The second kappa shape index (κ2) is 25.7. The van der Waals surface area contributed by atoms with Gasteiger partial charge < -0.3 is 32.9 Å². The van der Waals surface area contributed by atoms with Crippen molar-refractivity contribution in [3.63, 3.8) is 0 Å². The molecule has 0 aromatic rings. The van der Waals surface area contributed by atoms with Gasteiger partial charge >= 0.3 is 27.3 Å². The Bertz CT molecular complexity index is 57.2. The van der Waals surface area contributed by atoms with Crippen molar-refractivity contribution in [2.75, 3.05) is 0 Å². The molecule has 0 aromatic carbocycles. The summed E-state index contributed by atoms with van der Waals surface area (Å²) in [7, 11) is -9.89. The topological polar surface area (TPSA) is 373 Å². The monoisotopic (exact) mass is 420 g/mol. The van der Waals surface area contributed by atoms with E-state index >= 15 is 0 Å². The second-order valence-corrected chi connectivity index (χ2v) is 2.27. The SMILES string of the molecule is O.O.O.O.O.O.[Cd+2].[O-][Cl+3]([O-])([O-])[O-].[O-][Cl+3]([O-])([O-])[O-]. The molecule has 0 atom stereocenters. The van der Waals surface area contributed by atoms with Gasteiger partial charge in [-0.05, 0) is 0 Å². The maximum Gasteiger partial charge on any atom is 2.00 e. The van der Waals surface area contributed by atoms with Gasteiger partial charge in [0.05, 0.1) is 0 Å². The van der Waals surface area contributed by atoms with Gasteiger partial charge in [-0.2, -0.15) is 0 Å². The third kappa shape index (κ3) is 4260. The molecule has 0 unspecified atom stereocenters. The van der Waals surface area contributed by atoms with E-state index in [0.29, 0.717) is 0 Å². The molecule has 17 heteroatoms. The Morgan fingerprint density at radius 1 is 0.353 bits per heavy atom. The Kier molecular flexibility index (Phi) is 97.4. The maximum absolute atomic E-state index is 8.49. The fraction of sp³-hybridized carbons (Fsp3) is 0. The van der Waals surface area contributed by atoms with Crippen molar-refractivity contribution in [1.82, 2.24) is 0 Å². The zero-order valence-electron chi connectivity index (χ0n) is 7.73. The van der Waals surface area contributed by atoms with Gasteiger partial charge in [-0.25, -0.2) is 37.3 Å². The van der Waals surface area contributed by atoms with Crippen LogP contribution in [0.2, 0.25) is 0 Å². The van der Waals surface area contributed by atoms with Gasteiger partial charge in [-0.1, -0.05) is 0 Å². The van der Waals surface area contributed by atoms with E-state index in [9.17, 15) is 0 Å². The first-order valence-electron chi connectivity index (χ1n) is 1.23. The summed E-state index contributed by atoms with van der Waals surface area (Å²) in [6.07, 6.45) is 0. The van der Waals surface area contributed by atoms with E-state index in [0.717, 1.165) is 0 Å². The van der Waals surface area contributed by atoms with E-state index in [1.54, 1.807) is 0 Å². The van der Waals surface area contributed by atoms with Crippen molar-refractivity contribution in [2.45, 2.75) is 0 Å². The fourth-order valence-electron chi connectivity index (χ4n) is 0. The third-order valence-electron chi connectivity index (χ3n) is 0. The molecule has 0 amide bonds. The number of rotatable bonds is 0. The molecular weight excluding hydrogens is 407 g/mol. The molecular formula is H12CdCl2O14. The van der Waals surface area contributed by atoms with Gasteiger partial charge in [0.25, 0.3) is 0 Å². The van der Waals surface area contributed by atoms with Crippen LogP contribution in [0.4, 0.5) is 0 Å². The molecule has 0 spiro atoms. The van der Waals surface area contributed by atoms with Crippen molar-refractivity contribution >= 4 is 0 Å². The van der Waals surface area contributed by atoms with E-state index < -0.39 is 20.5 Å². The van der Waals surface area contributed by atoms with Crippen LogP contribution in [-0.2, 0) is 27.3 Å². The Hall–Kier alpha value is 0.942. The molecule has 0 aliphatic heterocycles. The average Bonchev–Trinajstić information content (AvgIpc) is 1.12. The van der Waals surface area contributed by atoms with Gasteiger partial charge in [0.1, 0.15) is 0 Å². The van der Waals surface area contributed by atoms with Crippen LogP contribution in [0.3, 0.4) is 0 Å². The van der Waals surface area contributed by atoms with Crippen molar-refractivity contribution in [2.24, 2.45) is 0 Å². The molecule has 12 N–H and O–H groups in total. The molecule has 17 heavy (non-hydrogen) atoms. The Morgan fingerprint density at radius 2 is 0.353 bits per heavy atom. The molecule has 0 saturated heterocycles. The first kappa shape index (κ1) is 64.4. The first-order chi connectivity index (χ1) is 4.00. The van der Waals surface area contributed by atoms with Crippen LogP contribution in [0.1, 0.15) is 0 Å². The van der Waals surface area contributed by atoms with Crippen molar-refractivity contribution in [1.29, 1.82) is 0 Å². The van der Waals surface area contributed by atoms with E-state index in [-0.39, 0.29) is 60.2 Å². The molecule has 0 radical (unpaired) electrons.